The van der Waals surface area contributed by atoms with Crippen LogP contribution in [0.1, 0.15) is 66.2 Å². The third-order valence-corrected chi connectivity index (χ3v) is 5.47. The van der Waals surface area contributed by atoms with Gasteiger partial charge in [0.25, 0.3) is 0 Å². The highest BCUT2D eigenvalue weighted by Crippen LogP contribution is 2.51. The number of fused-ring (bicyclic) bond motifs is 1. The zero-order valence-corrected chi connectivity index (χ0v) is 13.9. The summed E-state index contributed by atoms with van der Waals surface area (Å²) in [4.78, 5) is 0. The van der Waals surface area contributed by atoms with Crippen molar-refractivity contribution in [1.82, 2.24) is 0 Å². The van der Waals surface area contributed by atoms with E-state index in [1.165, 1.54) is 38.5 Å². The Morgan fingerprint density at radius 3 is 2.17 bits per heavy atom. The molecule has 0 saturated heterocycles. The highest BCUT2D eigenvalue weighted by atomic mass is 31.0. The Morgan fingerprint density at radius 2 is 1.67 bits per heavy atom. The van der Waals surface area contributed by atoms with Crippen molar-refractivity contribution in [3.05, 3.63) is 23.0 Å². The molecule has 1 fully saturated rings. The SMILES string of the molecule is C=C1C(CC)C(CC)=C(P)C2CCCCC12.CC. The van der Waals surface area contributed by atoms with Gasteiger partial charge in [-0.2, -0.15) is 0 Å². The van der Waals surface area contributed by atoms with Crippen LogP contribution in [0.5, 0.6) is 0 Å². The van der Waals surface area contributed by atoms with Crippen molar-refractivity contribution in [2.24, 2.45) is 17.8 Å². The summed E-state index contributed by atoms with van der Waals surface area (Å²) in [6.45, 7) is 13.1. The zero-order chi connectivity index (χ0) is 13.7. The number of hydrogen-bond donors (Lipinski definition) is 0. The molecule has 2 rings (SSSR count). The van der Waals surface area contributed by atoms with Gasteiger partial charge in [0.1, 0.15) is 0 Å². The molecule has 0 aromatic carbocycles. The predicted molar refractivity (Wildman–Crippen MR) is 86.7 cm³/mol. The van der Waals surface area contributed by atoms with Gasteiger partial charge >= 0.3 is 0 Å². The lowest BCUT2D eigenvalue weighted by Crippen LogP contribution is -2.30. The third kappa shape index (κ3) is 2.90. The van der Waals surface area contributed by atoms with E-state index in [4.69, 9.17) is 0 Å². The Hall–Kier alpha value is -0.0900. The summed E-state index contributed by atoms with van der Waals surface area (Å²) in [5.74, 6) is 2.28. The molecular weight excluding hydrogens is 235 g/mol. The van der Waals surface area contributed by atoms with Crippen LogP contribution in [-0.4, -0.2) is 0 Å². The normalized spacial score (nSPS) is 31.6. The maximum absolute atomic E-state index is 4.44. The van der Waals surface area contributed by atoms with Crippen molar-refractivity contribution in [2.75, 3.05) is 0 Å². The molecule has 18 heavy (non-hydrogen) atoms. The van der Waals surface area contributed by atoms with Gasteiger partial charge in [-0.15, -0.1) is 9.24 Å². The molecule has 2 aliphatic carbocycles. The predicted octanol–water partition coefficient (Wildman–Crippen LogP) is 5.95. The molecule has 4 atom stereocenters. The molecule has 0 nitrogen and oxygen atoms in total. The van der Waals surface area contributed by atoms with Crippen molar-refractivity contribution in [1.29, 1.82) is 0 Å². The van der Waals surface area contributed by atoms with Gasteiger partial charge in [0.2, 0.25) is 0 Å². The third-order valence-electron chi connectivity index (χ3n) is 4.67. The van der Waals surface area contributed by atoms with E-state index in [9.17, 15) is 0 Å². The molecule has 0 radical (unpaired) electrons. The van der Waals surface area contributed by atoms with Gasteiger partial charge in [0.05, 0.1) is 0 Å². The quantitative estimate of drug-likeness (QED) is 0.427. The van der Waals surface area contributed by atoms with Gasteiger partial charge < -0.3 is 0 Å². The van der Waals surface area contributed by atoms with Gasteiger partial charge in [-0.1, -0.05) is 58.3 Å². The van der Waals surface area contributed by atoms with Crippen LogP contribution in [0.15, 0.2) is 23.0 Å². The van der Waals surface area contributed by atoms with Gasteiger partial charge in [0.15, 0.2) is 0 Å². The lowest BCUT2D eigenvalue weighted by molar-refractivity contribution is 0.284. The fraction of sp³-hybridized carbons (Fsp3) is 0.765. The van der Waals surface area contributed by atoms with Crippen LogP contribution in [-0.2, 0) is 0 Å². The summed E-state index contributed by atoms with van der Waals surface area (Å²) in [7, 11) is 3.07. The van der Waals surface area contributed by atoms with E-state index in [0.717, 1.165) is 11.8 Å². The zero-order valence-electron chi connectivity index (χ0n) is 12.8. The van der Waals surface area contributed by atoms with Gasteiger partial charge in [-0.05, 0) is 42.8 Å². The Bertz CT molecular complexity index is 314. The molecule has 0 N–H and O–H groups in total. The van der Waals surface area contributed by atoms with Crippen LogP contribution in [0.2, 0.25) is 0 Å². The molecule has 2 aliphatic rings. The molecule has 1 saturated carbocycles. The molecule has 4 unspecified atom stereocenters. The summed E-state index contributed by atoms with van der Waals surface area (Å²) >= 11 is 0. The van der Waals surface area contributed by atoms with E-state index in [0.29, 0.717) is 5.92 Å². The second-order valence-corrected chi connectivity index (χ2v) is 5.99. The maximum atomic E-state index is 4.44. The summed E-state index contributed by atoms with van der Waals surface area (Å²) in [5.41, 5.74) is 3.23. The first kappa shape index (κ1) is 16.0. The van der Waals surface area contributed by atoms with Crippen molar-refractivity contribution in [3.63, 3.8) is 0 Å². The molecule has 1 heteroatoms. The van der Waals surface area contributed by atoms with E-state index in [-0.39, 0.29) is 0 Å². The average molecular weight is 266 g/mol. The van der Waals surface area contributed by atoms with Crippen LogP contribution in [0.3, 0.4) is 0 Å². The van der Waals surface area contributed by atoms with Crippen molar-refractivity contribution in [3.8, 4) is 0 Å². The van der Waals surface area contributed by atoms with Crippen molar-refractivity contribution < 1.29 is 0 Å². The second kappa shape index (κ2) is 7.49. The molecular formula is C17H31P. The lowest BCUT2D eigenvalue weighted by atomic mass is 9.65. The van der Waals surface area contributed by atoms with E-state index >= 15 is 0 Å². The summed E-state index contributed by atoms with van der Waals surface area (Å²) in [6.07, 6.45) is 8.05. The minimum Gasteiger partial charge on any atom is -0.110 e. The van der Waals surface area contributed by atoms with Crippen LogP contribution in [0.4, 0.5) is 0 Å². The number of hydrogen-bond acceptors (Lipinski definition) is 0. The highest BCUT2D eigenvalue weighted by molar-refractivity contribution is 7.22. The highest BCUT2D eigenvalue weighted by Gasteiger charge is 2.37. The van der Waals surface area contributed by atoms with Crippen molar-refractivity contribution in [2.45, 2.75) is 66.2 Å². The Kier molecular flexibility index (Phi) is 6.64. The largest absolute Gasteiger partial charge is 0.110 e. The molecule has 0 spiro atoms. The van der Waals surface area contributed by atoms with Crippen molar-refractivity contribution >= 4 is 9.24 Å². The summed E-state index contributed by atoms with van der Waals surface area (Å²) < 4.78 is 0. The van der Waals surface area contributed by atoms with Gasteiger partial charge in [-0.3, -0.25) is 0 Å². The Labute approximate surface area is 117 Å². The first-order valence-electron chi connectivity index (χ1n) is 7.87. The van der Waals surface area contributed by atoms with E-state index in [2.05, 4.69) is 29.7 Å². The van der Waals surface area contributed by atoms with Crippen LogP contribution >= 0.6 is 9.24 Å². The van der Waals surface area contributed by atoms with Crippen LogP contribution < -0.4 is 0 Å². The monoisotopic (exact) mass is 266 g/mol. The molecule has 0 bridgehead atoms. The molecule has 0 aromatic heterocycles. The van der Waals surface area contributed by atoms with Crippen LogP contribution in [0, 0.1) is 17.8 Å². The van der Waals surface area contributed by atoms with Gasteiger partial charge in [0, 0.05) is 5.92 Å². The summed E-state index contributed by atoms with van der Waals surface area (Å²) in [5, 5.41) is 1.64. The second-order valence-electron chi connectivity index (χ2n) is 5.37. The molecule has 0 amide bonds. The van der Waals surface area contributed by atoms with E-state index < -0.39 is 0 Å². The van der Waals surface area contributed by atoms with E-state index in [1.807, 2.05) is 13.8 Å². The fourth-order valence-electron chi connectivity index (χ4n) is 3.83. The fourth-order valence-corrected chi connectivity index (χ4v) is 4.63. The number of rotatable bonds is 2. The molecule has 0 aromatic rings. The first-order valence-corrected chi connectivity index (χ1v) is 8.45. The molecule has 0 heterocycles. The smallest absolute Gasteiger partial charge is 0.00106 e. The van der Waals surface area contributed by atoms with E-state index in [1.54, 1.807) is 16.5 Å². The Morgan fingerprint density at radius 1 is 1.11 bits per heavy atom. The van der Waals surface area contributed by atoms with Gasteiger partial charge in [-0.25, -0.2) is 0 Å². The lowest BCUT2D eigenvalue weighted by Gasteiger charge is -2.43. The van der Waals surface area contributed by atoms with Crippen LogP contribution in [0.25, 0.3) is 0 Å². The minimum atomic E-state index is 0.678. The summed E-state index contributed by atoms with van der Waals surface area (Å²) in [6, 6.07) is 0. The Balaban J connectivity index is 0.000000771. The topological polar surface area (TPSA) is 0 Å². The first-order chi connectivity index (χ1) is 8.70. The maximum Gasteiger partial charge on any atom is 0.00106 e. The molecule has 0 aliphatic heterocycles. The minimum absolute atomic E-state index is 0.678. The average Bonchev–Trinajstić information content (AvgIpc) is 2.44. The number of allylic oxidation sites excluding steroid dienone is 3. The standard InChI is InChI=1S/C15H25P.C2H6/c1-4-11-10(3)13-8-6-7-9-14(13)15(16)12(11)5-2;1-2/h11,13-14H,3-9,16H2,1-2H3;1-2H3. The molecule has 104 valence electrons.